The maximum Gasteiger partial charge on any atom is 0.356 e. The highest BCUT2D eigenvalue weighted by atomic mass is 127. The number of hydrogen-bond donors (Lipinski definition) is 0. The number of imidazole rings is 1. The number of aryl methyl sites for hydroxylation is 1. The van der Waals surface area contributed by atoms with E-state index in [2.05, 4.69) is 27.6 Å². The van der Waals surface area contributed by atoms with Gasteiger partial charge in [-0.1, -0.05) is 11.6 Å². The molecule has 0 fully saturated rings. The molecule has 0 bridgehead atoms. The summed E-state index contributed by atoms with van der Waals surface area (Å²) >= 11 is 8.08. The van der Waals surface area contributed by atoms with Crippen LogP contribution in [-0.4, -0.2) is 22.5 Å². The highest BCUT2D eigenvalue weighted by Crippen LogP contribution is 2.22. The van der Waals surface area contributed by atoms with Crippen LogP contribution in [0, 0.1) is 10.5 Å². The average molecular weight is 351 g/mol. The predicted molar refractivity (Wildman–Crippen MR) is 69.0 cm³/mol. The minimum absolute atomic E-state index is 0.414. The van der Waals surface area contributed by atoms with Crippen molar-refractivity contribution in [2.75, 3.05) is 7.11 Å². The molecule has 84 valence electrons. The molecule has 0 amide bonds. The lowest BCUT2D eigenvalue weighted by Crippen LogP contribution is -2.07. The van der Waals surface area contributed by atoms with E-state index in [-0.39, 0.29) is 0 Å². The van der Waals surface area contributed by atoms with Crippen LogP contribution in [0.25, 0.3) is 5.65 Å². The van der Waals surface area contributed by atoms with Crippen LogP contribution in [0.4, 0.5) is 0 Å². The van der Waals surface area contributed by atoms with Gasteiger partial charge in [-0.15, -0.1) is 0 Å². The van der Waals surface area contributed by atoms with Crippen molar-refractivity contribution in [3.05, 3.63) is 32.2 Å². The minimum atomic E-state index is -0.414. The van der Waals surface area contributed by atoms with E-state index in [1.165, 1.54) is 7.11 Å². The molecule has 0 aliphatic heterocycles. The topological polar surface area (TPSA) is 43.6 Å². The minimum Gasteiger partial charge on any atom is -0.464 e. The average Bonchev–Trinajstić information content (AvgIpc) is 2.54. The fraction of sp³-hybridized carbons (Fsp3) is 0.200. The van der Waals surface area contributed by atoms with Crippen LogP contribution in [0.5, 0.6) is 0 Å². The fourth-order valence-electron chi connectivity index (χ4n) is 1.53. The summed E-state index contributed by atoms with van der Waals surface area (Å²) in [5.74, 6) is -0.414. The van der Waals surface area contributed by atoms with E-state index in [0.717, 1.165) is 3.57 Å². The summed E-state index contributed by atoms with van der Waals surface area (Å²) in [6.45, 7) is 1.77. The Bertz CT molecular complexity index is 580. The van der Waals surface area contributed by atoms with Gasteiger partial charge < -0.3 is 4.74 Å². The van der Waals surface area contributed by atoms with E-state index >= 15 is 0 Å². The molecule has 2 heterocycles. The summed E-state index contributed by atoms with van der Waals surface area (Å²) in [5, 5.41) is 0.555. The molecule has 0 spiro atoms. The third kappa shape index (κ3) is 1.78. The maximum absolute atomic E-state index is 11.6. The van der Waals surface area contributed by atoms with Crippen molar-refractivity contribution in [2.24, 2.45) is 0 Å². The van der Waals surface area contributed by atoms with Gasteiger partial charge in [0.1, 0.15) is 0 Å². The Morgan fingerprint density at radius 2 is 2.31 bits per heavy atom. The third-order valence-electron chi connectivity index (χ3n) is 2.19. The van der Waals surface area contributed by atoms with Crippen LogP contribution in [-0.2, 0) is 4.74 Å². The highest BCUT2D eigenvalue weighted by Gasteiger charge is 2.18. The molecule has 4 nitrogen and oxygen atoms in total. The number of pyridine rings is 1. The van der Waals surface area contributed by atoms with Crippen molar-refractivity contribution in [1.29, 1.82) is 0 Å². The SMILES string of the molecule is COC(=O)c1c(C)nc2c(I)cc(Cl)cn12. The van der Waals surface area contributed by atoms with Gasteiger partial charge >= 0.3 is 5.97 Å². The number of aromatic nitrogens is 2. The molecule has 6 heteroatoms. The van der Waals surface area contributed by atoms with Crippen LogP contribution in [0.1, 0.15) is 16.2 Å². The van der Waals surface area contributed by atoms with Crippen molar-refractivity contribution < 1.29 is 9.53 Å². The van der Waals surface area contributed by atoms with Gasteiger partial charge in [0.25, 0.3) is 0 Å². The molecule has 0 atom stereocenters. The van der Waals surface area contributed by atoms with Crippen LogP contribution >= 0.6 is 34.2 Å². The van der Waals surface area contributed by atoms with Crippen molar-refractivity contribution in [3.8, 4) is 0 Å². The van der Waals surface area contributed by atoms with Crippen LogP contribution in [0.3, 0.4) is 0 Å². The molecule has 2 aromatic heterocycles. The number of hydrogen-bond acceptors (Lipinski definition) is 3. The van der Waals surface area contributed by atoms with E-state index in [4.69, 9.17) is 16.3 Å². The van der Waals surface area contributed by atoms with Crippen LogP contribution in [0.2, 0.25) is 5.02 Å². The molecule has 0 N–H and O–H groups in total. The Hall–Kier alpha value is -0.820. The van der Waals surface area contributed by atoms with Crippen molar-refractivity contribution in [3.63, 3.8) is 0 Å². The van der Waals surface area contributed by atoms with Gasteiger partial charge in [0.2, 0.25) is 0 Å². The van der Waals surface area contributed by atoms with Crippen LogP contribution < -0.4 is 0 Å². The summed E-state index contributed by atoms with van der Waals surface area (Å²) in [4.78, 5) is 15.9. The van der Waals surface area contributed by atoms with Gasteiger partial charge in [0, 0.05) is 6.20 Å². The zero-order valence-corrected chi connectivity index (χ0v) is 11.5. The molecular weight excluding hydrogens is 342 g/mol. The molecule has 0 unspecified atom stereocenters. The van der Waals surface area contributed by atoms with Crippen molar-refractivity contribution in [1.82, 2.24) is 9.38 Å². The largest absolute Gasteiger partial charge is 0.464 e. The smallest absolute Gasteiger partial charge is 0.356 e. The molecule has 2 aromatic rings. The lowest BCUT2D eigenvalue weighted by atomic mass is 10.3. The summed E-state index contributed by atoms with van der Waals surface area (Å²) in [6, 6.07) is 1.80. The predicted octanol–water partition coefficient (Wildman–Crippen LogP) is 2.69. The second-order valence-electron chi connectivity index (χ2n) is 3.24. The van der Waals surface area contributed by atoms with Gasteiger partial charge in [-0.05, 0) is 35.6 Å². The Labute approximate surface area is 111 Å². The number of esters is 1. The first-order valence-electron chi connectivity index (χ1n) is 4.46. The zero-order valence-electron chi connectivity index (χ0n) is 8.62. The summed E-state index contributed by atoms with van der Waals surface area (Å²) in [5.41, 5.74) is 1.76. The molecule has 0 saturated carbocycles. The first-order chi connectivity index (χ1) is 7.54. The Balaban J connectivity index is 2.83. The molecule has 2 rings (SSSR count). The Kier molecular flexibility index (Phi) is 3.07. The van der Waals surface area contributed by atoms with E-state index in [1.54, 1.807) is 23.6 Å². The maximum atomic E-state index is 11.6. The number of ether oxygens (including phenoxy) is 1. The number of halogens is 2. The quantitative estimate of drug-likeness (QED) is 0.587. The van der Waals surface area contributed by atoms with E-state index < -0.39 is 5.97 Å². The van der Waals surface area contributed by atoms with Gasteiger partial charge in [-0.25, -0.2) is 9.78 Å². The molecule has 16 heavy (non-hydrogen) atoms. The van der Waals surface area contributed by atoms with Crippen molar-refractivity contribution >= 4 is 45.8 Å². The molecule has 0 saturated heterocycles. The standard InChI is InChI=1S/C10H8ClIN2O2/c1-5-8(10(15)16-2)14-4-6(11)3-7(12)9(14)13-5/h3-4H,1-2H3. The van der Waals surface area contributed by atoms with E-state index in [0.29, 0.717) is 22.1 Å². The molecule has 0 aliphatic rings. The van der Waals surface area contributed by atoms with E-state index in [9.17, 15) is 4.79 Å². The molecule has 0 aliphatic carbocycles. The number of fused-ring (bicyclic) bond motifs is 1. The Morgan fingerprint density at radius 3 is 2.94 bits per heavy atom. The molecule has 0 radical (unpaired) electrons. The lowest BCUT2D eigenvalue weighted by Gasteiger charge is -2.02. The second-order valence-corrected chi connectivity index (χ2v) is 4.84. The number of rotatable bonds is 1. The molecular formula is C10H8ClIN2O2. The Morgan fingerprint density at radius 1 is 1.62 bits per heavy atom. The first-order valence-corrected chi connectivity index (χ1v) is 5.92. The lowest BCUT2D eigenvalue weighted by molar-refractivity contribution is 0.0592. The van der Waals surface area contributed by atoms with Gasteiger partial charge in [0.15, 0.2) is 11.3 Å². The summed E-state index contributed by atoms with van der Waals surface area (Å²) < 4.78 is 7.27. The number of nitrogens with zero attached hydrogens (tertiary/aromatic N) is 2. The zero-order chi connectivity index (χ0) is 11.9. The highest BCUT2D eigenvalue weighted by molar-refractivity contribution is 14.1. The first kappa shape index (κ1) is 11.7. The van der Waals surface area contributed by atoms with Crippen molar-refractivity contribution in [2.45, 2.75) is 6.92 Å². The normalized spacial score (nSPS) is 10.8. The van der Waals surface area contributed by atoms with Gasteiger partial charge in [-0.3, -0.25) is 4.40 Å². The van der Waals surface area contributed by atoms with Crippen LogP contribution in [0.15, 0.2) is 12.3 Å². The van der Waals surface area contributed by atoms with Gasteiger partial charge in [-0.2, -0.15) is 0 Å². The molecule has 0 aromatic carbocycles. The van der Waals surface area contributed by atoms with E-state index in [1.807, 2.05) is 0 Å². The second kappa shape index (κ2) is 4.21. The number of carbonyl (C=O) groups excluding carboxylic acids is 1. The summed E-state index contributed by atoms with van der Waals surface area (Å²) in [7, 11) is 1.34. The van der Waals surface area contributed by atoms with Gasteiger partial charge in [0.05, 0.1) is 21.4 Å². The number of methoxy groups -OCH3 is 1. The monoisotopic (exact) mass is 350 g/mol. The third-order valence-corrected chi connectivity index (χ3v) is 3.20. The fourth-order valence-corrected chi connectivity index (χ4v) is 2.64. The number of carbonyl (C=O) groups is 1. The summed E-state index contributed by atoms with van der Waals surface area (Å²) in [6.07, 6.45) is 1.66.